The van der Waals surface area contributed by atoms with Crippen LogP contribution in [0.2, 0.25) is 0 Å². The van der Waals surface area contributed by atoms with E-state index >= 15 is 0 Å². The van der Waals surface area contributed by atoms with Crippen molar-refractivity contribution in [3.63, 3.8) is 0 Å². The zero-order valence-corrected chi connectivity index (χ0v) is 13.1. The van der Waals surface area contributed by atoms with Crippen LogP contribution in [-0.2, 0) is 6.42 Å². The average Bonchev–Trinajstić information content (AvgIpc) is 2.50. The molecule has 1 aromatic heterocycles. The molecule has 0 spiro atoms. The fourth-order valence-electron chi connectivity index (χ4n) is 3.02. The van der Waals surface area contributed by atoms with Gasteiger partial charge in [-0.05, 0) is 56.8 Å². The second-order valence-electron chi connectivity index (χ2n) is 5.90. The van der Waals surface area contributed by atoms with Gasteiger partial charge in [-0.2, -0.15) is 0 Å². The van der Waals surface area contributed by atoms with Gasteiger partial charge in [-0.25, -0.2) is 9.97 Å². The lowest BCUT2D eigenvalue weighted by molar-refractivity contribution is 0.464. The highest BCUT2D eigenvalue weighted by molar-refractivity contribution is 5.57. The van der Waals surface area contributed by atoms with E-state index < -0.39 is 0 Å². The second-order valence-corrected chi connectivity index (χ2v) is 5.90. The smallest absolute Gasteiger partial charge is 0.159 e. The Hall–Kier alpha value is -1.74. The molecule has 1 aromatic carbocycles. The molecule has 0 bridgehead atoms. The SMILES string of the molecule is CCNC1CCCc2nc(-c3ccc(C)c(C)c3)ncc21. The number of nitrogens with one attached hydrogen (secondary N) is 1. The summed E-state index contributed by atoms with van der Waals surface area (Å²) in [6.45, 7) is 7.41. The van der Waals surface area contributed by atoms with Crippen LogP contribution in [0, 0.1) is 13.8 Å². The number of hydrogen-bond donors (Lipinski definition) is 1. The van der Waals surface area contributed by atoms with Gasteiger partial charge in [0.25, 0.3) is 0 Å². The average molecular weight is 281 g/mol. The summed E-state index contributed by atoms with van der Waals surface area (Å²) in [4.78, 5) is 9.45. The molecule has 3 nitrogen and oxygen atoms in total. The molecule has 0 fully saturated rings. The molecule has 1 aliphatic rings. The first-order valence-corrected chi connectivity index (χ1v) is 7.86. The van der Waals surface area contributed by atoms with Gasteiger partial charge >= 0.3 is 0 Å². The molecular weight excluding hydrogens is 258 g/mol. The fraction of sp³-hybridized carbons (Fsp3) is 0.444. The van der Waals surface area contributed by atoms with Crippen LogP contribution in [0.25, 0.3) is 11.4 Å². The molecule has 0 saturated carbocycles. The molecule has 1 N–H and O–H groups in total. The van der Waals surface area contributed by atoms with Gasteiger partial charge in [-0.3, -0.25) is 0 Å². The minimum atomic E-state index is 0.424. The summed E-state index contributed by atoms with van der Waals surface area (Å²) in [5.41, 5.74) is 6.22. The Bertz CT molecular complexity index is 649. The monoisotopic (exact) mass is 281 g/mol. The summed E-state index contributed by atoms with van der Waals surface area (Å²) in [7, 11) is 0. The van der Waals surface area contributed by atoms with E-state index in [1.165, 1.54) is 35.2 Å². The summed E-state index contributed by atoms with van der Waals surface area (Å²) >= 11 is 0. The Kier molecular flexibility index (Phi) is 4.02. The van der Waals surface area contributed by atoms with E-state index in [1.807, 2.05) is 6.20 Å². The molecule has 3 rings (SSSR count). The largest absolute Gasteiger partial charge is 0.310 e. The quantitative estimate of drug-likeness (QED) is 0.931. The first-order chi connectivity index (χ1) is 10.2. The van der Waals surface area contributed by atoms with Gasteiger partial charge in [0, 0.05) is 29.1 Å². The number of aromatic nitrogens is 2. The highest BCUT2D eigenvalue weighted by atomic mass is 14.9. The van der Waals surface area contributed by atoms with Gasteiger partial charge in [-0.1, -0.05) is 19.1 Å². The minimum Gasteiger partial charge on any atom is -0.310 e. The van der Waals surface area contributed by atoms with Crippen molar-refractivity contribution in [1.29, 1.82) is 0 Å². The van der Waals surface area contributed by atoms with E-state index in [2.05, 4.69) is 49.3 Å². The van der Waals surface area contributed by atoms with Crippen molar-refractivity contribution < 1.29 is 0 Å². The number of nitrogens with zero attached hydrogens (tertiary/aromatic N) is 2. The van der Waals surface area contributed by atoms with E-state index in [-0.39, 0.29) is 0 Å². The minimum absolute atomic E-state index is 0.424. The Morgan fingerprint density at radius 1 is 1.24 bits per heavy atom. The summed E-state index contributed by atoms with van der Waals surface area (Å²) in [5.74, 6) is 0.856. The molecule has 21 heavy (non-hydrogen) atoms. The molecule has 1 atom stereocenters. The van der Waals surface area contributed by atoms with E-state index in [0.29, 0.717) is 6.04 Å². The molecule has 0 amide bonds. The second kappa shape index (κ2) is 5.94. The van der Waals surface area contributed by atoms with Crippen LogP contribution in [0.3, 0.4) is 0 Å². The lowest BCUT2D eigenvalue weighted by Gasteiger charge is -2.25. The molecule has 1 aliphatic carbocycles. The summed E-state index contributed by atoms with van der Waals surface area (Å²) < 4.78 is 0. The first kappa shape index (κ1) is 14.2. The third-order valence-corrected chi connectivity index (χ3v) is 4.40. The van der Waals surface area contributed by atoms with Crippen molar-refractivity contribution in [2.45, 2.75) is 46.1 Å². The lowest BCUT2D eigenvalue weighted by atomic mass is 9.92. The Balaban J connectivity index is 1.97. The van der Waals surface area contributed by atoms with Crippen LogP contribution in [0.15, 0.2) is 24.4 Å². The van der Waals surface area contributed by atoms with Crippen molar-refractivity contribution in [3.8, 4) is 11.4 Å². The van der Waals surface area contributed by atoms with Gasteiger partial charge in [0.1, 0.15) is 0 Å². The predicted molar refractivity (Wildman–Crippen MR) is 86.3 cm³/mol. The molecule has 3 heteroatoms. The van der Waals surface area contributed by atoms with Gasteiger partial charge < -0.3 is 5.32 Å². The van der Waals surface area contributed by atoms with Crippen LogP contribution in [0.5, 0.6) is 0 Å². The molecule has 0 radical (unpaired) electrons. The van der Waals surface area contributed by atoms with E-state index in [4.69, 9.17) is 4.98 Å². The number of aryl methyl sites for hydroxylation is 3. The molecule has 0 saturated heterocycles. The number of rotatable bonds is 3. The van der Waals surface area contributed by atoms with Crippen LogP contribution < -0.4 is 5.32 Å². The van der Waals surface area contributed by atoms with Crippen molar-refractivity contribution in [3.05, 3.63) is 46.8 Å². The summed E-state index contributed by atoms with van der Waals surface area (Å²) in [6, 6.07) is 6.87. The predicted octanol–water partition coefficient (Wildman–Crippen LogP) is 3.75. The summed E-state index contributed by atoms with van der Waals surface area (Å²) in [5, 5.41) is 3.54. The molecule has 110 valence electrons. The van der Waals surface area contributed by atoms with Crippen LogP contribution in [-0.4, -0.2) is 16.5 Å². The van der Waals surface area contributed by atoms with Gasteiger partial charge in [0.2, 0.25) is 0 Å². The van der Waals surface area contributed by atoms with E-state index in [1.54, 1.807) is 0 Å². The van der Waals surface area contributed by atoms with Crippen LogP contribution >= 0.6 is 0 Å². The molecule has 0 aliphatic heterocycles. The third-order valence-electron chi connectivity index (χ3n) is 4.40. The highest BCUT2D eigenvalue weighted by Crippen LogP contribution is 2.29. The maximum absolute atomic E-state index is 4.84. The van der Waals surface area contributed by atoms with Crippen molar-refractivity contribution in [2.75, 3.05) is 6.54 Å². The topological polar surface area (TPSA) is 37.8 Å². The van der Waals surface area contributed by atoms with Gasteiger partial charge in [0.05, 0.1) is 0 Å². The number of benzene rings is 1. The maximum atomic E-state index is 4.84. The van der Waals surface area contributed by atoms with Crippen molar-refractivity contribution in [1.82, 2.24) is 15.3 Å². The zero-order chi connectivity index (χ0) is 14.8. The van der Waals surface area contributed by atoms with Gasteiger partial charge in [-0.15, -0.1) is 0 Å². The van der Waals surface area contributed by atoms with Crippen LogP contribution in [0.4, 0.5) is 0 Å². The molecule has 1 unspecified atom stereocenters. The van der Waals surface area contributed by atoms with Crippen molar-refractivity contribution in [2.24, 2.45) is 0 Å². The van der Waals surface area contributed by atoms with Crippen molar-refractivity contribution >= 4 is 0 Å². The van der Waals surface area contributed by atoms with Crippen LogP contribution in [0.1, 0.15) is 48.2 Å². The van der Waals surface area contributed by atoms with Gasteiger partial charge in [0.15, 0.2) is 5.82 Å². The Labute approximate surface area is 126 Å². The Morgan fingerprint density at radius 2 is 2.10 bits per heavy atom. The lowest BCUT2D eigenvalue weighted by Crippen LogP contribution is -2.25. The first-order valence-electron chi connectivity index (χ1n) is 7.86. The molecule has 1 heterocycles. The standard InChI is InChI=1S/C18H23N3/c1-4-19-16-6-5-7-17-15(16)11-20-18(21-17)14-9-8-12(2)13(3)10-14/h8-11,16,19H,4-7H2,1-3H3. The Morgan fingerprint density at radius 3 is 2.86 bits per heavy atom. The zero-order valence-electron chi connectivity index (χ0n) is 13.1. The van der Waals surface area contributed by atoms with E-state index in [9.17, 15) is 0 Å². The summed E-state index contributed by atoms with van der Waals surface area (Å²) in [6.07, 6.45) is 5.48. The third kappa shape index (κ3) is 2.84. The van der Waals surface area contributed by atoms with E-state index in [0.717, 1.165) is 24.4 Å². The molecule has 2 aromatic rings. The molecular formula is C18H23N3. The normalized spacial score (nSPS) is 17.6. The number of fused-ring (bicyclic) bond motifs is 1. The maximum Gasteiger partial charge on any atom is 0.159 e. The fourth-order valence-corrected chi connectivity index (χ4v) is 3.02. The highest BCUT2D eigenvalue weighted by Gasteiger charge is 2.21. The number of hydrogen-bond acceptors (Lipinski definition) is 3.